The van der Waals surface area contributed by atoms with Crippen molar-refractivity contribution >= 4 is 34.6 Å². The Morgan fingerprint density at radius 3 is 2.65 bits per heavy atom. The van der Waals surface area contributed by atoms with Crippen LogP contribution in [0.25, 0.3) is 0 Å². The van der Waals surface area contributed by atoms with Crippen molar-refractivity contribution < 1.29 is 18.8 Å². The van der Waals surface area contributed by atoms with Crippen LogP contribution in [0.4, 0.5) is 15.8 Å². The van der Waals surface area contributed by atoms with Crippen LogP contribution in [0.2, 0.25) is 0 Å². The number of amides is 1. The number of thiocarbonyl (C=S) groups is 1. The molecule has 0 fully saturated rings. The predicted molar refractivity (Wildman–Crippen MR) is 98.9 cm³/mol. The average Bonchev–Trinajstić information content (AvgIpc) is 2.56. The molecule has 0 atom stereocenters. The molecular formula is C17H16FN3O4S. The summed E-state index contributed by atoms with van der Waals surface area (Å²) in [6.07, 6.45) is -0.0367. The quantitative estimate of drug-likeness (QED) is 0.469. The van der Waals surface area contributed by atoms with Gasteiger partial charge in [0, 0.05) is 17.3 Å². The molecule has 0 aliphatic heterocycles. The molecule has 0 saturated carbocycles. The van der Waals surface area contributed by atoms with Crippen LogP contribution in [-0.4, -0.2) is 22.0 Å². The highest BCUT2D eigenvalue weighted by molar-refractivity contribution is 7.80. The number of carbonyl (C=O) groups excluding carboxylic acids is 1. The van der Waals surface area contributed by atoms with Gasteiger partial charge in [-0.1, -0.05) is 6.07 Å². The van der Waals surface area contributed by atoms with Crippen LogP contribution in [-0.2, 0) is 0 Å². The topological polar surface area (TPSA) is 93.5 Å². The van der Waals surface area contributed by atoms with E-state index in [1.165, 1.54) is 6.07 Å². The van der Waals surface area contributed by atoms with Crippen molar-refractivity contribution in [1.82, 2.24) is 5.32 Å². The molecule has 26 heavy (non-hydrogen) atoms. The third kappa shape index (κ3) is 5.21. The average molecular weight is 377 g/mol. The maximum absolute atomic E-state index is 13.3. The number of nitro groups is 1. The molecule has 2 aromatic carbocycles. The fraction of sp³-hybridized carbons (Fsp3) is 0.176. The first-order chi connectivity index (χ1) is 12.3. The van der Waals surface area contributed by atoms with Gasteiger partial charge in [0.2, 0.25) is 5.82 Å². The third-order valence-electron chi connectivity index (χ3n) is 3.10. The molecule has 1 amide bonds. The third-order valence-corrected chi connectivity index (χ3v) is 3.30. The molecule has 136 valence electrons. The number of rotatable bonds is 5. The summed E-state index contributed by atoms with van der Waals surface area (Å²) in [6, 6.07) is 9.77. The van der Waals surface area contributed by atoms with Crippen LogP contribution in [0.3, 0.4) is 0 Å². The van der Waals surface area contributed by atoms with Crippen molar-refractivity contribution in [2.24, 2.45) is 0 Å². The van der Waals surface area contributed by atoms with Crippen molar-refractivity contribution in [2.75, 3.05) is 5.32 Å². The summed E-state index contributed by atoms with van der Waals surface area (Å²) in [5.74, 6) is -0.897. The second-order valence-electron chi connectivity index (χ2n) is 5.53. The van der Waals surface area contributed by atoms with Crippen molar-refractivity contribution in [1.29, 1.82) is 0 Å². The molecule has 0 heterocycles. The highest BCUT2D eigenvalue weighted by atomic mass is 32.1. The number of benzene rings is 2. The number of hydrogen-bond acceptors (Lipinski definition) is 5. The SMILES string of the molecule is CC(C)Oc1cccc(C(=O)NC(=S)Nc2ccc(F)c([N+](=O)[O-])c2)c1. The number of halogens is 1. The summed E-state index contributed by atoms with van der Waals surface area (Å²) in [7, 11) is 0. The molecule has 0 bridgehead atoms. The second-order valence-corrected chi connectivity index (χ2v) is 5.93. The van der Waals surface area contributed by atoms with Gasteiger partial charge in [-0.05, 0) is 56.4 Å². The lowest BCUT2D eigenvalue weighted by Gasteiger charge is -2.12. The molecule has 0 radical (unpaired) electrons. The van der Waals surface area contributed by atoms with E-state index < -0.39 is 22.3 Å². The van der Waals surface area contributed by atoms with Crippen molar-refractivity contribution in [3.63, 3.8) is 0 Å². The van der Waals surface area contributed by atoms with Gasteiger partial charge in [0.25, 0.3) is 5.91 Å². The number of nitrogens with zero attached hydrogens (tertiary/aromatic N) is 1. The van der Waals surface area contributed by atoms with E-state index in [1.54, 1.807) is 24.3 Å². The Labute approximate surface area is 154 Å². The molecule has 9 heteroatoms. The standard InChI is InChI=1S/C17H16FN3O4S/c1-10(2)25-13-5-3-4-11(8-13)16(22)20-17(26)19-12-6-7-14(18)15(9-12)21(23)24/h3-10H,1-2H3,(H2,19,20,22,26). The summed E-state index contributed by atoms with van der Waals surface area (Å²) < 4.78 is 18.9. The molecule has 0 aliphatic carbocycles. The summed E-state index contributed by atoms with van der Waals surface area (Å²) in [4.78, 5) is 22.2. The minimum atomic E-state index is -0.961. The summed E-state index contributed by atoms with van der Waals surface area (Å²) in [5.41, 5.74) is -0.180. The second kappa shape index (κ2) is 8.34. The van der Waals surface area contributed by atoms with Gasteiger partial charge in [-0.25, -0.2) is 0 Å². The maximum Gasteiger partial charge on any atom is 0.306 e. The summed E-state index contributed by atoms with van der Waals surface area (Å²) in [5, 5.41) is 15.7. The van der Waals surface area contributed by atoms with E-state index in [0.717, 1.165) is 12.1 Å². The number of ether oxygens (including phenoxy) is 1. The van der Waals surface area contributed by atoms with E-state index in [4.69, 9.17) is 17.0 Å². The largest absolute Gasteiger partial charge is 0.491 e. The molecule has 0 unspecified atom stereocenters. The van der Waals surface area contributed by atoms with Gasteiger partial charge in [0.15, 0.2) is 5.11 Å². The van der Waals surface area contributed by atoms with Crippen LogP contribution in [0.1, 0.15) is 24.2 Å². The van der Waals surface area contributed by atoms with Crippen molar-refractivity contribution in [3.05, 3.63) is 64.0 Å². The predicted octanol–water partition coefficient (Wildman–Crippen LogP) is 3.65. The summed E-state index contributed by atoms with van der Waals surface area (Å²) >= 11 is 5.02. The van der Waals surface area contributed by atoms with E-state index in [0.29, 0.717) is 11.3 Å². The van der Waals surface area contributed by atoms with Gasteiger partial charge in [-0.2, -0.15) is 4.39 Å². The first kappa shape index (κ1) is 19.3. The Hall–Kier alpha value is -3.07. The Balaban J connectivity index is 2.05. The van der Waals surface area contributed by atoms with Crippen LogP contribution in [0.15, 0.2) is 42.5 Å². The van der Waals surface area contributed by atoms with Crippen LogP contribution in [0, 0.1) is 15.9 Å². The van der Waals surface area contributed by atoms with E-state index in [2.05, 4.69) is 10.6 Å². The number of nitro benzene ring substituents is 1. The molecule has 0 aliphatic rings. The van der Waals surface area contributed by atoms with Gasteiger partial charge in [-0.15, -0.1) is 0 Å². The summed E-state index contributed by atoms with van der Waals surface area (Å²) in [6.45, 7) is 3.74. The Bertz CT molecular complexity index is 858. The van der Waals surface area contributed by atoms with E-state index in [1.807, 2.05) is 13.8 Å². The molecule has 2 N–H and O–H groups in total. The van der Waals surface area contributed by atoms with Crippen molar-refractivity contribution in [3.8, 4) is 5.75 Å². The minimum absolute atomic E-state index is 0.0367. The lowest BCUT2D eigenvalue weighted by Crippen LogP contribution is -2.34. The maximum atomic E-state index is 13.3. The highest BCUT2D eigenvalue weighted by Gasteiger charge is 2.15. The molecule has 0 spiro atoms. The van der Waals surface area contributed by atoms with Crippen LogP contribution >= 0.6 is 12.2 Å². The highest BCUT2D eigenvalue weighted by Crippen LogP contribution is 2.21. The van der Waals surface area contributed by atoms with Gasteiger partial charge >= 0.3 is 5.69 Å². The van der Waals surface area contributed by atoms with Gasteiger partial charge < -0.3 is 10.1 Å². The Kier molecular flexibility index (Phi) is 6.18. The first-order valence-corrected chi connectivity index (χ1v) is 8.00. The van der Waals surface area contributed by atoms with E-state index >= 15 is 0 Å². The van der Waals surface area contributed by atoms with Crippen LogP contribution < -0.4 is 15.4 Å². The monoisotopic (exact) mass is 377 g/mol. The molecular weight excluding hydrogens is 361 g/mol. The molecule has 2 rings (SSSR count). The zero-order valence-electron chi connectivity index (χ0n) is 14.0. The number of hydrogen-bond donors (Lipinski definition) is 2. The Morgan fingerprint density at radius 1 is 1.27 bits per heavy atom. The minimum Gasteiger partial charge on any atom is -0.491 e. The number of nitrogens with one attached hydrogen (secondary N) is 2. The molecule has 0 aromatic heterocycles. The van der Waals surface area contributed by atoms with Gasteiger partial charge in [0.05, 0.1) is 11.0 Å². The first-order valence-electron chi connectivity index (χ1n) is 7.59. The van der Waals surface area contributed by atoms with Gasteiger partial charge in [-0.3, -0.25) is 20.2 Å². The molecule has 0 saturated heterocycles. The van der Waals surface area contributed by atoms with Crippen LogP contribution in [0.5, 0.6) is 5.75 Å². The van der Waals surface area contributed by atoms with Gasteiger partial charge in [0.1, 0.15) is 5.75 Å². The smallest absolute Gasteiger partial charge is 0.306 e. The Morgan fingerprint density at radius 2 is 2.00 bits per heavy atom. The molecule has 2 aromatic rings. The number of anilines is 1. The number of carbonyl (C=O) groups is 1. The van der Waals surface area contributed by atoms with Crippen molar-refractivity contribution in [2.45, 2.75) is 20.0 Å². The zero-order chi connectivity index (χ0) is 19.3. The normalized spacial score (nSPS) is 10.3. The lowest BCUT2D eigenvalue weighted by molar-refractivity contribution is -0.387. The van der Waals surface area contributed by atoms with E-state index in [-0.39, 0.29) is 16.9 Å². The van der Waals surface area contributed by atoms with E-state index in [9.17, 15) is 19.3 Å². The fourth-order valence-corrected chi connectivity index (χ4v) is 2.26. The lowest BCUT2D eigenvalue weighted by atomic mass is 10.2. The fourth-order valence-electron chi connectivity index (χ4n) is 2.05. The zero-order valence-corrected chi connectivity index (χ0v) is 14.8. The molecule has 7 nitrogen and oxygen atoms in total.